The molecule has 1 N–H and O–H groups in total. The van der Waals surface area contributed by atoms with Gasteiger partial charge in [-0.05, 0) is 51.5 Å². The fourth-order valence-corrected chi connectivity index (χ4v) is 4.98. The molecule has 0 bridgehead atoms. The number of halogens is 1. The minimum absolute atomic E-state index is 0. The first kappa shape index (κ1) is 26.6. The third-order valence-corrected chi connectivity index (χ3v) is 6.62. The maximum Gasteiger partial charge on any atom is 0.236 e. The summed E-state index contributed by atoms with van der Waals surface area (Å²) in [7, 11) is 0. The molecule has 3 heterocycles. The average Bonchev–Trinajstić information content (AvgIpc) is 3.18. The van der Waals surface area contributed by atoms with Gasteiger partial charge in [0.25, 0.3) is 0 Å². The monoisotopic (exact) mass is 548 g/mol. The zero-order valence-corrected chi connectivity index (χ0v) is 22.4. The number of piperazine rings is 1. The normalized spacial score (nSPS) is 23.9. The van der Waals surface area contributed by atoms with Crippen LogP contribution < -0.4 is 5.32 Å². The van der Waals surface area contributed by atoms with Gasteiger partial charge in [0.1, 0.15) is 0 Å². The number of nitrogens with one attached hydrogen (secondary N) is 1. The molecule has 0 radical (unpaired) electrons. The zero-order valence-electron chi connectivity index (χ0n) is 20.0. The van der Waals surface area contributed by atoms with Crippen molar-refractivity contribution in [3.8, 4) is 0 Å². The van der Waals surface area contributed by atoms with E-state index in [0.717, 1.165) is 71.2 Å². The number of hydrogen-bond acceptors (Lipinski definition) is 4. The second-order valence-corrected chi connectivity index (χ2v) is 9.58. The Hall–Kier alpha value is -0.610. The van der Waals surface area contributed by atoms with Crippen LogP contribution >= 0.6 is 24.0 Å². The number of carbonyl (C=O) groups excluding carboxylic acids is 1. The lowest BCUT2D eigenvalue weighted by Crippen LogP contribution is -2.54. The molecule has 1 atom stereocenters. The largest absolute Gasteiger partial charge is 0.357 e. The molecule has 3 aliphatic rings. The van der Waals surface area contributed by atoms with E-state index in [4.69, 9.17) is 4.99 Å². The Labute approximate surface area is 207 Å². The number of nitrogens with zero attached hydrogens (tertiary/aromatic N) is 5. The summed E-state index contributed by atoms with van der Waals surface area (Å²) < 4.78 is 0. The highest BCUT2D eigenvalue weighted by Crippen LogP contribution is 2.19. The van der Waals surface area contributed by atoms with Crippen LogP contribution in [-0.4, -0.2) is 110 Å². The van der Waals surface area contributed by atoms with E-state index >= 15 is 0 Å². The van der Waals surface area contributed by atoms with Crippen LogP contribution in [0, 0.1) is 5.92 Å². The van der Waals surface area contributed by atoms with E-state index in [0.29, 0.717) is 24.4 Å². The van der Waals surface area contributed by atoms with E-state index in [1.54, 1.807) is 0 Å². The number of likely N-dealkylation sites (tertiary alicyclic amines) is 2. The first-order valence-electron chi connectivity index (χ1n) is 12.3. The first-order valence-corrected chi connectivity index (χ1v) is 12.3. The molecule has 3 saturated heterocycles. The van der Waals surface area contributed by atoms with Crippen LogP contribution in [0.4, 0.5) is 0 Å². The summed E-state index contributed by atoms with van der Waals surface area (Å²) in [5.41, 5.74) is 0. The SMILES string of the molecule is CCNC(=NC[C@H]1CCCN1CC(C)C)N1CCN(CC(=O)N2CCCCC2)CC1.I. The fraction of sp³-hybridized carbons (Fsp3) is 0.913. The number of aliphatic imine (C=N–C) groups is 1. The van der Waals surface area contributed by atoms with Gasteiger partial charge in [-0.3, -0.25) is 19.6 Å². The van der Waals surface area contributed by atoms with Gasteiger partial charge in [0.2, 0.25) is 5.91 Å². The molecule has 0 spiro atoms. The average molecular weight is 549 g/mol. The van der Waals surface area contributed by atoms with Crippen LogP contribution in [0.1, 0.15) is 52.9 Å². The lowest BCUT2D eigenvalue weighted by atomic mass is 10.1. The number of piperidine rings is 1. The number of hydrogen-bond donors (Lipinski definition) is 1. The van der Waals surface area contributed by atoms with E-state index in [-0.39, 0.29) is 24.0 Å². The second-order valence-electron chi connectivity index (χ2n) is 9.58. The van der Waals surface area contributed by atoms with Crippen molar-refractivity contribution in [1.29, 1.82) is 0 Å². The first-order chi connectivity index (χ1) is 14.6. The van der Waals surface area contributed by atoms with Crippen LogP contribution in [-0.2, 0) is 4.79 Å². The minimum atomic E-state index is 0. The molecule has 0 aromatic rings. The highest BCUT2D eigenvalue weighted by Gasteiger charge is 2.26. The molecule has 3 aliphatic heterocycles. The van der Waals surface area contributed by atoms with Crippen LogP contribution in [0.3, 0.4) is 0 Å². The molecule has 0 aromatic carbocycles. The Kier molecular flexibility index (Phi) is 11.9. The van der Waals surface area contributed by atoms with Gasteiger partial charge in [0.05, 0.1) is 13.1 Å². The van der Waals surface area contributed by atoms with E-state index in [9.17, 15) is 4.79 Å². The predicted molar refractivity (Wildman–Crippen MR) is 139 cm³/mol. The van der Waals surface area contributed by atoms with Crippen molar-refractivity contribution in [3.63, 3.8) is 0 Å². The molecule has 7 nitrogen and oxygen atoms in total. The van der Waals surface area contributed by atoms with Crippen LogP contribution in [0.15, 0.2) is 4.99 Å². The third kappa shape index (κ3) is 8.35. The van der Waals surface area contributed by atoms with Crippen LogP contribution in [0.25, 0.3) is 0 Å². The van der Waals surface area contributed by atoms with Crippen molar-refractivity contribution in [2.24, 2.45) is 10.9 Å². The summed E-state index contributed by atoms with van der Waals surface area (Å²) >= 11 is 0. The van der Waals surface area contributed by atoms with Gasteiger partial charge in [-0.2, -0.15) is 0 Å². The summed E-state index contributed by atoms with van der Waals surface area (Å²) in [6, 6.07) is 0.588. The predicted octanol–water partition coefficient (Wildman–Crippen LogP) is 2.32. The molecular weight excluding hydrogens is 503 g/mol. The van der Waals surface area contributed by atoms with Crippen molar-refractivity contribution in [3.05, 3.63) is 0 Å². The van der Waals surface area contributed by atoms with Gasteiger partial charge < -0.3 is 15.1 Å². The zero-order chi connectivity index (χ0) is 21.3. The molecule has 3 rings (SSSR count). The molecule has 8 heteroatoms. The Bertz CT molecular complexity index is 558. The molecule has 3 fully saturated rings. The van der Waals surface area contributed by atoms with Crippen LogP contribution in [0.2, 0.25) is 0 Å². The van der Waals surface area contributed by atoms with Crippen molar-refractivity contribution in [2.45, 2.75) is 58.9 Å². The van der Waals surface area contributed by atoms with Gasteiger partial charge in [-0.1, -0.05) is 13.8 Å². The molecule has 0 saturated carbocycles. The standard InChI is InChI=1S/C23H44N6O.HI/c1-4-24-23(25-17-21-9-8-12-29(21)18-20(2)3)28-15-13-26(14-16-28)19-22(30)27-10-6-5-7-11-27;/h20-21H,4-19H2,1-3H3,(H,24,25);1H/t21-;/m1./s1. The summed E-state index contributed by atoms with van der Waals surface area (Å²) in [6.07, 6.45) is 6.16. The maximum atomic E-state index is 12.6. The number of rotatable bonds is 7. The van der Waals surface area contributed by atoms with Gasteiger partial charge in [0.15, 0.2) is 5.96 Å². The molecule has 1 amide bonds. The number of carbonyl (C=O) groups is 1. The van der Waals surface area contributed by atoms with Crippen molar-refractivity contribution >= 4 is 35.8 Å². The Morgan fingerprint density at radius 3 is 2.32 bits per heavy atom. The van der Waals surface area contributed by atoms with Gasteiger partial charge in [0, 0.05) is 58.4 Å². The Morgan fingerprint density at radius 2 is 1.68 bits per heavy atom. The van der Waals surface area contributed by atoms with E-state index in [2.05, 4.69) is 45.7 Å². The molecule has 0 aromatic heterocycles. The number of guanidine groups is 1. The molecule has 0 unspecified atom stereocenters. The smallest absolute Gasteiger partial charge is 0.236 e. The summed E-state index contributed by atoms with van der Waals surface area (Å²) in [4.78, 5) is 27.0. The van der Waals surface area contributed by atoms with Gasteiger partial charge >= 0.3 is 0 Å². The van der Waals surface area contributed by atoms with Crippen molar-refractivity contribution < 1.29 is 4.79 Å². The van der Waals surface area contributed by atoms with E-state index in [1.165, 1.54) is 32.4 Å². The van der Waals surface area contributed by atoms with E-state index in [1.807, 2.05) is 0 Å². The summed E-state index contributed by atoms with van der Waals surface area (Å²) in [5.74, 6) is 2.08. The highest BCUT2D eigenvalue weighted by molar-refractivity contribution is 14.0. The van der Waals surface area contributed by atoms with Crippen molar-refractivity contribution in [1.82, 2.24) is 24.9 Å². The van der Waals surface area contributed by atoms with Crippen molar-refractivity contribution in [2.75, 3.05) is 72.0 Å². The summed E-state index contributed by atoms with van der Waals surface area (Å²) in [5, 5.41) is 3.50. The molecule has 0 aliphatic carbocycles. The highest BCUT2D eigenvalue weighted by atomic mass is 127. The Morgan fingerprint density at radius 1 is 0.968 bits per heavy atom. The fourth-order valence-electron chi connectivity index (χ4n) is 4.98. The number of amides is 1. The topological polar surface area (TPSA) is 54.4 Å². The third-order valence-electron chi connectivity index (χ3n) is 6.62. The minimum Gasteiger partial charge on any atom is -0.357 e. The second kappa shape index (κ2) is 13.8. The van der Waals surface area contributed by atoms with Gasteiger partial charge in [-0.25, -0.2) is 0 Å². The lowest BCUT2D eigenvalue weighted by molar-refractivity contribution is -0.133. The molecule has 180 valence electrons. The van der Waals surface area contributed by atoms with Gasteiger partial charge in [-0.15, -0.1) is 24.0 Å². The van der Waals surface area contributed by atoms with E-state index < -0.39 is 0 Å². The summed E-state index contributed by atoms with van der Waals surface area (Å²) in [6.45, 7) is 17.2. The molecular formula is C23H45IN6O. The quantitative estimate of drug-likeness (QED) is 0.301. The van der Waals surface area contributed by atoms with Crippen LogP contribution in [0.5, 0.6) is 0 Å². The maximum absolute atomic E-state index is 12.6. The Balaban J connectivity index is 0.00000341. The molecule has 31 heavy (non-hydrogen) atoms. The lowest BCUT2D eigenvalue weighted by Gasteiger charge is -2.37.